The summed E-state index contributed by atoms with van der Waals surface area (Å²) in [5.74, 6) is 0. The first-order valence-electron chi connectivity index (χ1n) is 4.98. The van der Waals surface area contributed by atoms with Crippen molar-refractivity contribution in [2.75, 3.05) is 0 Å². The van der Waals surface area contributed by atoms with Crippen LogP contribution in [0.1, 0.15) is 5.56 Å². The molecular weight excluding hydrogens is 303 g/mol. The molecule has 0 amide bonds. The summed E-state index contributed by atoms with van der Waals surface area (Å²) in [6.45, 7) is 0. The molecule has 0 aliphatic carbocycles. The molecule has 8 heteroatoms. The number of hydrogen-bond donors (Lipinski definition) is 0. The molecule has 1 aromatic heterocycles. The molecule has 1 heterocycles. The predicted molar refractivity (Wildman–Crippen MR) is 63.5 cm³/mol. The van der Waals surface area contributed by atoms with Gasteiger partial charge in [-0.05, 0) is 30.3 Å². The number of halogens is 4. The summed E-state index contributed by atoms with van der Waals surface area (Å²) in [6.07, 6.45) is -3.44. The highest BCUT2D eigenvalue weighted by molar-refractivity contribution is 7.90. The second-order valence-corrected chi connectivity index (χ2v) is 5.86. The van der Waals surface area contributed by atoms with Crippen LogP contribution in [0.25, 0.3) is 0 Å². The van der Waals surface area contributed by atoms with Gasteiger partial charge in [-0.3, -0.25) is 0 Å². The molecule has 0 fully saturated rings. The second kappa shape index (κ2) is 4.57. The van der Waals surface area contributed by atoms with Crippen molar-refractivity contribution in [3.63, 3.8) is 0 Å². The largest absolute Gasteiger partial charge is 0.416 e. The third kappa shape index (κ3) is 2.62. The van der Waals surface area contributed by atoms with Crippen molar-refractivity contribution in [1.29, 1.82) is 0 Å². The molecule has 2 rings (SSSR count). The molecule has 0 radical (unpaired) electrons. The van der Waals surface area contributed by atoms with Crippen molar-refractivity contribution in [3.8, 4) is 0 Å². The van der Waals surface area contributed by atoms with Gasteiger partial charge in [0.2, 0.25) is 0 Å². The lowest BCUT2D eigenvalue weighted by Gasteiger charge is -2.10. The zero-order chi connectivity index (χ0) is 14.3. The highest BCUT2D eigenvalue weighted by Gasteiger charge is 2.32. The van der Waals surface area contributed by atoms with Crippen LogP contribution >= 0.6 is 11.6 Å². The van der Waals surface area contributed by atoms with E-state index in [-0.39, 0.29) is 5.15 Å². The summed E-state index contributed by atoms with van der Waals surface area (Å²) in [4.78, 5) is -0.472. The molecule has 102 valence electrons. The Bertz CT molecular complexity index is 707. The summed E-state index contributed by atoms with van der Waals surface area (Å²) in [5.41, 5.74) is -1.03. The van der Waals surface area contributed by atoms with Gasteiger partial charge in [0.25, 0.3) is 10.0 Å². The Labute approximate surface area is 112 Å². The topological polar surface area (TPSA) is 39.1 Å². The van der Waals surface area contributed by atoms with Crippen LogP contribution in [-0.4, -0.2) is 12.4 Å². The van der Waals surface area contributed by atoms with Gasteiger partial charge in [-0.25, -0.2) is 12.4 Å². The highest BCUT2D eigenvalue weighted by Crippen LogP contribution is 2.31. The molecule has 0 unspecified atom stereocenters. The van der Waals surface area contributed by atoms with Crippen LogP contribution < -0.4 is 0 Å². The van der Waals surface area contributed by atoms with E-state index >= 15 is 0 Å². The van der Waals surface area contributed by atoms with Crippen molar-refractivity contribution in [2.24, 2.45) is 0 Å². The van der Waals surface area contributed by atoms with Gasteiger partial charge in [-0.2, -0.15) is 13.2 Å². The molecule has 0 bridgehead atoms. The molecule has 0 aliphatic heterocycles. The lowest BCUT2D eigenvalue weighted by molar-refractivity contribution is -0.137. The average molecular weight is 310 g/mol. The number of rotatable bonds is 2. The molecule has 19 heavy (non-hydrogen) atoms. The van der Waals surface area contributed by atoms with E-state index in [2.05, 4.69) is 0 Å². The van der Waals surface area contributed by atoms with Gasteiger partial charge in [0, 0.05) is 6.20 Å². The van der Waals surface area contributed by atoms with Gasteiger partial charge in [0.15, 0.2) is 0 Å². The fourth-order valence-corrected chi connectivity index (χ4v) is 3.16. The van der Waals surface area contributed by atoms with E-state index in [4.69, 9.17) is 11.6 Å². The third-order valence-electron chi connectivity index (χ3n) is 2.38. The lowest BCUT2D eigenvalue weighted by atomic mass is 10.2. The Hall–Kier alpha value is -1.47. The van der Waals surface area contributed by atoms with Gasteiger partial charge in [-0.15, -0.1) is 0 Å². The summed E-state index contributed by atoms with van der Waals surface area (Å²) in [5, 5.41) is -0.0996. The maximum Gasteiger partial charge on any atom is 0.416 e. The van der Waals surface area contributed by atoms with Gasteiger partial charge in [-0.1, -0.05) is 17.7 Å². The number of hydrogen-bond acceptors (Lipinski definition) is 2. The Kier molecular flexibility index (Phi) is 3.36. The van der Waals surface area contributed by atoms with Crippen molar-refractivity contribution < 1.29 is 21.6 Å². The monoisotopic (exact) mass is 309 g/mol. The zero-order valence-corrected chi connectivity index (χ0v) is 10.8. The van der Waals surface area contributed by atoms with Gasteiger partial charge in [0.1, 0.15) is 5.15 Å². The average Bonchev–Trinajstić information content (AvgIpc) is 2.75. The van der Waals surface area contributed by atoms with E-state index in [1.807, 2.05) is 0 Å². The van der Waals surface area contributed by atoms with Gasteiger partial charge in [0.05, 0.1) is 10.5 Å². The van der Waals surface area contributed by atoms with E-state index in [0.717, 1.165) is 24.4 Å². The number of aromatic nitrogens is 1. The van der Waals surface area contributed by atoms with Gasteiger partial charge >= 0.3 is 6.18 Å². The molecule has 2 aromatic rings. The predicted octanol–water partition coefficient (Wildman–Crippen LogP) is 3.40. The number of nitrogens with zero attached hydrogens (tertiary/aromatic N) is 1. The normalized spacial score (nSPS) is 12.6. The Morgan fingerprint density at radius 2 is 1.79 bits per heavy atom. The first-order valence-corrected chi connectivity index (χ1v) is 6.80. The quantitative estimate of drug-likeness (QED) is 0.853. The molecule has 0 saturated carbocycles. The molecule has 0 aliphatic rings. The van der Waals surface area contributed by atoms with Crippen LogP contribution in [-0.2, 0) is 16.2 Å². The summed E-state index contributed by atoms with van der Waals surface area (Å²) in [6, 6.07) is 6.20. The molecule has 0 saturated heterocycles. The fourth-order valence-electron chi connectivity index (χ4n) is 1.49. The molecule has 3 nitrogen and oxygen atoms in total. The highest BCUT2D eigenvalue weighted by atomic mass is 35.5. The standard InChI is InChI=1S/C11H7ClF3NO2S/c12-10-5-2-6-16(10)19(17,18)9-4-1-3-8(7-9)11(13,14)15/h1-7H. The maximum absolute atomic E-state index is 12.6. The second-order valence-electron chi connectivity index (χ2n) is 3.66. The molecule has 0 N–H and O–H groups in total. The fraction of sp³-hybridized carbons (Fsp3) is 0.0909. The van der Waals surface area contributed by atoms with Crippen LogP contribution in [0.5, 0.6) is 0 Å². The number of benzene rings is 1. The van der Waals surface area contributed by atoms with E-state index < -0.39 is 26.7 Å². The molecular formula is C11H7ClF3NO2S. The van der Waals surface area contributed by atoms with E-state index in [1.165, 1.54) is 12.1 Å². The smallest absolute Gasteiger partial charge is 0.231 e. The first kappa shape index (κ1) is 14.0. The zero-order valence-electron chi connectivity index (χ0n) is 9.23. The summed E-state index contributed by atoms with van der Waals surface area (Å²) in [7, 11) is -4.12. The van der Waals surface area contributed by atoms with Crippen molar-refractivity contribution in [2.45, 2.75) is 11.1 Å². The Morgan fingerprint density at radius 3 is 2.32 bits per heavy atom. The maximum atomic E-state index is 12.6. The van der Waals surface area contributed by atoms with E-state index in [0.29, 0.717) is 10.0 Å². The van der Waals surface area contributed by atoms with Crippen molar-refractivity contribution in [3.05, 3.63) is 53.3 Å². The van der Waals surface area contributed by atoms with Crippen LogP contribution in [0.3, 0.4) is 0 Å². The van der Waals surface area contributed by atoms with E-state index in [1.54, 1.807) is 0 Å². The van der Waals surface area contributed by atoms with Crippen LogP contribution in [0.2, 0.25) is 5.15 Å². The van der Waals surface area contributed by atoms with Crippen LogP contribution in [0, 0.1) is 0 Å². The summed E-state index contributed by atoms with van der Waals surface area (Å²) >= 11 is 5.67. The first-order chi connectivity index (χ1) is 8.73. The minimum atomic E-state index is -4.61. The van der Waals surface area contributed by atoms with Crippen molar-refractivity contribution >= 4 is 21.6 Å². The molecule has 0 atom stereocenters. The van der Waals surface area contributed by atoms with Crippen molar-refractivity contribution in [1.82, 2.24) is 3.97 Å². The SMILES string of the molecule is O=S(=O)(c1cccc(C(F)(F)F)c1)n1cccc1Cl. The minimum Gasteiger partial charge on any atom is -0.231 e. The molecule has 1 aromatic carbocycles. The summed E-state index contributed by atoms with van der Waals surface area (Å²) < 4.78 is 62.6. The van der Waals surface area contributed by atoms with E-state index in [9.17, 15) is 21.6 Å². The Balaban J connectivity index is 2.57. The number of alkyl halides is 3. The van der Waals surface area contributed by atoms with Gasteiger partial charge < -0.3 is 0 Å². The van der Waals surface area contributed by atoms with Crippen LogP contribution in [0.4, 0.5) is 13.2 Å². The third-order valence-corrected chi connectivity index (χ3v) is 4.48. The Morgan fingerprint density at radius 1 is 1.11 bits per heavy atom. The minimum absolute atomic E-state index is 0.0996. The molecule has 0 spiro atoms. The lowest BCUT2D eigenvalue weighted by Crippen LogP contribution is -2.13. The van der Waals surface area contributed by atoms with Crippen LogP contribution in [0.15, 0.2) is 47.5 Å².